The summed E-state index contributed by atoms with van der Waals surface area (Å²) in [7, 11) is 1.55. The van der Waals surface area contributed by atoms with Crippen molar-refractivity contribution in [2.75, 3.05) is 13.9 Å². The van der Waals surface area contributed by atoms with Gasteiger partial charge in [0.1, 0.15) is 0 Å². The van der Waals surface area contributed by atoms with Crippen molar-refractivity contribution in [3.8, 4) is 17.2 Å². The number of hydrogen-bond donors (Lipinski definition) is 1. The highest BCUT2D eigenvalue weighted by molar-refractivity contribution is 7.07. The van der Waals surface area contributed by atoms with Gasteiger partial charge in [0.25, 0.3) is 5.56 Å². The van der Waals surface area contributed by atoms with Crippen LogP contribution in [0.3, 0.4) is 0 Å². The third kappa shape index (κ3) is 3.61. The molecule has 0 saturated carbocycles. The van der Waals surface area contributed by atoms with E-state index in [2.05, 4.69) is 4.98 Å². The second kappa shape index (κ2) is 6.40. The molecule has 132 valence electrons. The molecule has 0 unspecified atom stereocenters. The van der Waals surface area contributed by atoms with Crippen LogP contribution in [0, 0.1) is 5.41 Å². The van der Waals surface area contributed by atoms with Gasteiger partial charge >= 0.3 is 0 Å². The number of nitrogens with one attached hydrogen (secondary N) is 1. The number of ether oxygens (including phenoxy) is 3. The van der Waals surface area contributed by atoms with Crippen LogP contribution in [-0.2, 0) is 4.79 Å². The number of thiazole rings is 1. The molecule has 2 aromatic rings. The third-order valence-electron chi connectivity index (χ3n) is 3.66. The van der Waals surface area contributed by atoms with Gasteiger partial charge in [-0.2, -0.15) is 0 Å². The first-order valence-corrected chi connectivity index (χ1v) is 8.54. The van der Waals surface area contributed by atoms with Gasteiger partial charge < -0.3 is 19.2 Å². The van der Waals surface area contributed by atoms with Crippen molar-refractivity contribution in [1.82, 2.24) is 4.98 Å². The molecule has 1 aliphatic rings. The first-order chi connectivity index (χ1) is 11.8. The number of Topliss-reactive ketones (excluding diaryl/α,β-unsaturated/α-hetero) is 1. The molecule has 0 saturated heterocycles. The van der Waals surface area contributed by atoms with Crippen LogP contribution < -0.4 is 29.0 Å². The average Bonchev–Trinajstić information content (AvgIpc) is 3.12. The zero-order chi connectivity index (χ0) is 18.2. The van der Waals surface area contributed by atoms with Crippen LogP contribution in [0.15, 0.2) is 16.9 Å². The van der Waals surface area contributed by atoms with Gasteiger partial charge in [-0.3, -0.25) is 9.59 Å². The molecule has 0 atom stereocenters. The van der Waals surface area contributed by atoms with Crippen molar-refractivity contribution < 1.29 is 19.0 Å². The zero-order valence-electron chi connectivity index (χ0n) is 14.5. The van der Waals surface area contributed by atoms with E-state index >= 15 is 0 Å². The molecule has 3 rings (SSSR count). The highest BCUT2D eigenvalue weighted by Gasteiger charge is 2.20. The van der Waals surface area contributed by atoms with Gasteiger partial charge in [-0.05, 0) is 23.8 Å². The fourth-order valence-corrected chi connectivity index (χ4v) is 3.13. The Morgan fingerprint density at radius 2 is 2.08 bits per heavy atom. The lowest BCUT2D eigenvalue weighted by atomic mass is 9.91. The average molecular weight is 361 g/mol. The van der Waals surface area contributed by atoms with Crippen LogP contribution in [0.1, 0.15) is 26.3 Å². The lowest BCUT2D eigenvalue weighted by Gasteiger charge is -2.12. The molecule has 0 amide bonds. The number of aromatic nitrogens is 1. The molecule has 0 aliphatic carbocycles. The summed E-state index contributed by atoms with van der Waals surface area (Å²) >= 11 is 1.23. The topological polar surface area (TPSA) is 77.6 Å². The molecule has 0 fully saturated rings. The predicted octanol–water partition coefficient (Wildman–Crippen LogP) is 1.40. The zero-order valence-corrected chi connectivity index (χ0v) is 15.3. The molecule has 0 bridgehead atoms. The van der Waals surface area contributed by atoms with Crippen molar-refractivity contribution in [2.45, 2.75) is 20.8 Å². The standard InChI is InChI=1S/C18H19NO5S/c1-18(2,3)14(20)8-15-19-17(21)13(25-15)7-10-5-11(22-4)16-12(6-10)23-9-24-16/h5-8H,9H2,1-4H3,(H,19,21)/b13-7-,15-8-. The van der Waals surface area contributed by atoms with E-state index in [0.29, 0.717) is 26.4 Å². The maximum atomic E-state index is 12.2. The number of benzene rings is 1. The van der Waals surface area contributed by atoms with Crippen molar-refractivity contribution in [2.24, 2.45) is 5.41 Å². The monoisotopic (exact) mass is 361 g/mol. The summed E-state index contributed by atoms with van der Waals surface area (Å²) in [6.45, 7) is 5.65. The number of ketones is 1. The number of methoxy groups -OCH3 is 1. The summed E-state index contributed by atoms with van der Waals surface area (Å²) in [6.07, 6.45) is 3.20. The van der Waals surface area contributed by atoms with Crippen molar-refractivity contribution in [3.63, 3.8) is 0 Å². The molecule has 1 N–H and O–H groups in total. The lowest BCUT2D eigenvalue weighted by Crippen LogP contribution is -2.22. The summed E-state index contributed by atoms with van der Waals surface area (Å²) in [5, 5.41) is 0. The Morgan fingerprint density at radius 1 is 1.32 bits per heavy atom. The fourth-order valence-electron chi connectivity index (χ4n) is 2.24. The maximum Gasteiger partial charge on any atom is 0.266 e. The summed E-state index contributed by atoms with van der Waals surface area (Å²) in [5.74, 6) is 1.64. The Hall–Kier alpha value is -2.54. The van der Waals surface area contributed by atoms with Crippen LogP contribution >= 0.6 is 11.3 Å². The molecule has 0 spiro atoms. The van der Waals surface area contributed by atoms with E-state index in [4.69, 9.17) is 14.2 Å². The van der Waals surface area contributed by atoms with Gasteiger partial charge in [-0.25, -0.2) is 0 Å². The summed E-state index contributed by atoms with van der Waals surface area (Å²) in [5.41, 5.74) is 0.0202. The molecule has 1 aromatic heterocycles. The quantitative estimate of drug-likeness (QED) is 0.894. The number of hydrogen-bond acceptors (Lipinski definition) is 6. The molecule has 25 heavy (non-hydrogen) atoms. The molecule has 6 nitrogen and oxygen atoms in total. The first-order valence-electron chi connectivity index (χ1n) is 7.72. The minimum atomic E-state index is -0.491. The van der Waals surface area contributed by atoms with Crippen molar-refractivity contribution in [1.29, 1.82) is 0 Å². The van der Waals surface area contributed by atoms with Gasteiger partial charge in [-0.1, -0.05) is 20.8 Å². The summed E-state index contributed by atoms with van der Waals surface area (Å²) < 4.78 is 17.1. The van der Waals surface area contributed by atoms with Crippen LogP contribution in [0.2, 0.25) is 0 Å². The molecular formula is C18H19NO5S. The molecule has 7 heteroatoms. The number of rotatable bonds is 3. The van der Waals surface area contributed by atoms with E-state index in [1.54, 1.807) is 25.3 Å². The first kappa shape index (κ1) is 17.3. The lowest BCUT2D eigenvalue weighted by molar-refractivity contribution is -0.119. The van der Waals surface area contributed by atoms with E-state index in [1.807, 2.05) is 20.8 Å². The second-order valence-corrected chi connectivity index (χ2v) is 7.73. The van der Waals surface area contributed by atoms with Gasteiger partial charge in [0.2, 0.25) is 12.5 Å². The van der Waals surface area contributed by atoms with E-state index in [-0.39, 0.29) is 18.1 Å². The minimum absolute atomic E-state index is 0.0405. The highest BCUT2D eigenvalue weighted by atomic mass is 32.1. The van der Waals surface area contributed by atoms with Gasteiger partial charge in [-0.15, -0.1) is 11.3 Å². The van der Waals surface area contributed by atoms with E-state index in [1.165, 1.54) is 17.4 Å². The van der Waals surface area contributed by atoms with Crippen LogP contribution in [0.5, 0.6) is 17.2 Å². The van der Waals surface area contributed by atoms with E-state index in [0.717, 1.165) is 5.56 Å². The van der Waals surface area contributed by atoms with E-state index < -0.39 is 5.41 Å². The van der Waals surface area contributed by atoms with Gasteiger partial charge in [0, 0.05) is 11.5 Å². The molecule has 0 radical (unpaired) electrons. The molecule has 2 heterocycles. The number of H-pyrrole nitrogens is 1. The largest absolute Gasteiger partial charge is 0.493 e. The normalized spacial score (nSPS) is 14.9. The number of carbonyl (C=O) groups excluding carboxylic acids is 1. The van der Waals surface area contributed by atoms with E-state index in [9.17, 15) is 9.59 Å². The maximum absolute atomic E-state index is 12.2. The van der Waals surface area contributed by atoms with Crippen LogP contribution in [-0.4, -0.2) is 24.7 Å². The van der Waals surface area contributed by atoms with Crippen molar-refractivity contribution >= 4 is 29.3 Å². The van der Waals surface area contributed by atoms with Crippen LogP contribution in [0.25, 0.3) is 12.2 Å². The Kier molecular flexibility index (Phi) is 4.43. The summed E-state index contributed by atoms with van der Waals surface area (Å²) in [4.78, 5) is 27.0. The highest BCUT2D eigenvalue weighted by Crippen LogP contribution is 2.41. The molecular weight excluding hydrogens is 342 g/mol. The Balaban J connectivity index is 2.05. The fraction of sp³-hybridized carbons (Fsp3) is 0.333. The predicted molar refractivity (Wildman–Crippen MR) is 95.8 cm³/mol. The smallest absolute Gasteiger partial charge is 0.266 e. The van der Waals surface area contributed by atoms with Crippen LogP contribution in [0.4, 0.5) is 0 Å². The molecule has 1 aromatic carbocycles. The minimum Gasteiger partial charge on any atom is -0.493 e. The Morgan fingerprint density at radius 3 is 2.76 bits per heavy atom. The number of fused-ring (bicyclic) bond motifs is 1. The summed E-state index contributed by atoms with van der Waals surface area (Å²) in [6, 6.07) is 3.56. The van der Waals surface area contributed by atoms with Gasteiger partial charge in [0.05, 0.1) is 16.3 Å². The third-order valence-corrected chi connectivity index (χ3v) is 4.62. The SMILES string of the molecule is COc1cc(/C=c2\s/c(=C\C(=O)C(C)(C)C)[nH]c2=O)cc2c1OCO2. The second-order valence-electron chi connectivity index (χ2n) is 6.64. The molecule has 1 aliphatic heterocycles. The Bertz CT molecular complexity index is 994. The van der Waals surface area contributed by atoms with Crippen molar-refractivity contribution in [3.05, 3.63) is 37.2 Å². The Labute approximate surface area is 148 Å². The number of aromatic amines is 1. The number of carbonyl (C=O) groups is 1. The van der Waals surface area contributed by atoms with Gasteiger partial charge in [0.15, 0.2) is 17.3 Å².